The summed E-state index contributed by atoms with van der Waals surface area (Å²) in [6, 6.07) is 3.95. The van der Waals surface area contributed by atoms with Gasteiger partial charge in [0.25, 0.3) is 0 Å². The van der Waals surface area contributed by atoms with Crippen LogP contribution in [0.1, 0.15) is 62.8 Å². The summed E-state index contributed by atoms with van der Waals surface area (Å²) >= 11 is 0. The summed E-state index contributed by atoms with van der Waals surface area (Å²) < 4.78 is 13.4. The van der Waals surface area contributed by atoms with E-state index < -0.39 is 5.97 Å². The Labute approximate surface area is 211 Å². The van der Waals surface area contributed by atoms with E-state index in [9.17, 15) is 14.7 Å². The van der Waals surface area contributed by atoms with E-state index >= 15 is 0 Å². The molecule has 194 valence electrons. The smallest absolute Gasteiger partial charge is 0.410 e. The highest BCUT2D eigenvalue weighted by Crippen LogP contribution is 2.47. The van der Waals surface area contributed by atoms with Crippen molar-refractivity contribution in [3.8, 4) is 17.1 Å². The van der Waals surface area contributed by atoms with Crippen molar-refractivity contribution in [1.29, 1.82) is 0 Å². The highest BCUT2D eigenvalue weighted by Gasteiger charge is 2.45. The van der Waals surface area contributed by atoms with Crippen LogP contribution in [0.25, 0.3) is 11.4 Å². The number of amides is 1. The van der Waals surface area contributed by atoms with E-state index in [0.29, 0.717) is 53.2 Å². The van der Waals surface area contributed by atoms with Gasteiger partial charge >= 0.3 is 12.1 Å². The second-order valence-corrected chi connectivity index (χ2v) is 10.6. The van der Waals surface area contributed by atoms with Crippen molar-refractivity contribution in [2.75, 3.05) is 7.05 Å². The first-order chi connectivity index (χ1) is 17.3. The minimum absolute atomic E-state index is 0.0572. The molecule has 3 saturated carbocycles. The number of rotatable bonds is 9. The Morgan fingerprint density at radius 3 is 2.53 bits per heavy atom. The van der Waals surface area contributed by atoms with Crippen LogP contribution in [-0.2, 0) is 23.2 Å². The number of hydrogen-bond donors (Lipinski definition) is 1. The van der Waals surface area contributed by atoms with Gasteiger partial charge in [0.2, 0.25) is 0 Å². The average Bonchev–Trinajstić information content (AvgIpc) is 3.80. The topological polar surface area (TPSA) is 120 Å². The van der Waals surface area contributed by atoms with Gasteiger partial charge in [0.05, 0.1) is 23.4 Å². The monoisotopic (exact) mass is 497 g/mol. The van der Waals surface area contributed by atoms with Gasteiger partial charge in [0.1, 0.15) is 23.7 Å². The fourth-order valence-electron chi connectivity index (χ4n) is 5.44. The number of aryl methyl sites for hydroxylation is 2. The van der Waals surface area contributed by atoms with Crippen LogP contribution in [0.2, 0.25) is 0 Å². The molecule has 36 heavy (non-hydrogen) atoms. The highest BCUT2D eigenvalue weighted by molar-refractivity contribution is 5.70. The largest absolute Gasteiger partial charge is 0.489 e. The van der Waals surface area contributed by atoms with Gasteiger partial charge in [-0.1, -0.05) is 5.21 Å². The van der Waals surface area contributed by atoms with Crippen LogP contribution in [0.15, 0.2) is 12.1 Å². The molecule has 10 nitrogen and oxygen atoms in total. The minimum atomic E-state index is -0.758. The molecule has 0 bridgehead atoms. The van der Waals surface area contributed by atoms with Crippen molar-refractivity contribution in [2.24, 2.45) is 24.8 Å². The fraction of sp³-hybridized carbons (Fsp3) is 0.654. The van der Waals surface area contributed by atoms with Crippen molar-refractivity contribution in [3.63, 3.8) is 0 Å². The van der Waals surface area contributed by atoms with Crippen molar-refractivity contribution in [3.05, 3.63) is 23.5 Å². The van der Waals surface area contributed by atoms with Gasteiger partial charge in [-0.3, -0.25) is 4.79 Å². The molecule has 1 N–H and O–H groups in total. The first-order valence-corrected chi connectivity index (χ1v) is 13.0. The molecular formula is C26H35N5O5. The van der Waals surface area contributed by atoms with Gasteiger partial charge in [0, 0.05) is 20.1 Å². The third-order valence-corrected chi connectivity index (χ3v) is 7.77. The SMILES string of the molecule is Cc1nc(-c2nnn(C)c2COC(=O)N(C)C(C2CC2)C2CC2)ccc1O[C@H]1CCC[C@H](C(=O)O)C1. The van der Waals surface area contributed by atoms with Gasteiger partial charge in [0.15, 0.2) is 0 Å². The first-order valence-electron chi connectivity index (χ1n) is 13.0. The maximum Gasteiger partial charge on any atom is 0.410 e. The third kappa shape index (κ3) is 5.32. The van der Waals surface area contributed by atoms with E-state index in [1.807, 2.05) is 26.1 Å². The van der Waals surface area contributed by atoms with Crippen molar-refractivity contribution in [2.45, 2.75) is 77.0 Å². The molecule has 0 spiro atoms. The minimum Gasteiger partial charge on any atom is -0.489 e. The van der Waals surface area contributed by atoms with E-state index in [2.05, 4.69) is 15.3 Å². The van der Waals surface area contributed by atoms with Crippen LogP contribution in [-0.4, -0.2) is 61.2 Å². The van der Waals surface area contributed by atoms with Crippen LogP contribution in [0, 0.1) is 24.7 Å². The summed E-state index contributed by atoms with van der Waals surface area (Å²) in [6.07, 6.45) is 7.21. The lowest BCUT2D eigenvalue weighted by Crippen LogP contribution is -2.40. The number of carboxylic acids is 1. The van der Waals surface area contributed by atoms with Crippen molar-refractivity contribution in [1.82, 2.24) is 24.9 Å². The summed E-state index contributed by atoms with van der Waals surface area (Å²) in [7, 11) is 3.62. The summed E-state index contributed by atoms with van der Waals surface area (Å²) in [6.45, 7) is 1.92. The molecular weight excluding hydrogens is 462 g/mol. The highest BCUT2D eigenvalue weighted by atomic mass is 16.6. The van der Waals surface area contributed by atoms with Gasteiger partial charge in [-0.05, 0) is 82.3 Å². The molecule has 0 unspecified atom stereocenters. The maximum atomic E-state index is 12.8. The Morgan fingerprint density at radius 2 is 1.89 bits per heavy atom. The summed E-state index contributed by atoms with van der Waals surface area (Å²) in [5, 5.41) is 17.7. The Balaban J connectivity index is 1.24. The Morgan fingerprint density at radius 1 is 1.17 bits per heavy atom. The number of carbonyl (C=O) groups excluding carboxylic acids is 1. The van der Waals surface area contributed by atoms with E-state index in [4.69, 9.17) is 9.47 Å². The number of aromatic nitrogens is 4. The maximum absolute atomic E-state index is 12.8. The molecule has 1 amide bonds. The van der Waals surface area contributed by atoms with Gasteiger partial charge in [-0.2, -0.15) is 0 Å². The molecule has 0 aliphatic heterocycles. The second kappa shape index (κ2) is 10.1. The Hall–Kier alpha value is -3.17. The summed E-state index contributed by atoms with van der Waals surface area (Å²) in [4.78, 5) is 30.7. The van der Waals surface area contributed by atoms with Crippen molar-refractivity contribution >= 4 is 12.1 Å². The van der Waals surface area contributed by atoms with E-state index in [-0.39, 0.29) is 30.8 Å². The van der Waals surface area contributed by atoms with E-state index in [0.717, 1.165) is 12.8 Å². The molecule has 0 saturated heterocycles. The zero-order valence-electron chi connectivity index (χ0n) is 21.2. The first kappa shape index (κ1) is 24.5. The van der Waals surface area contributed by atoms with Crippen LogP contribution in [0.4, 0.5) is 4.79 Å². The molecule has 0 radical (unpaired) electrons. The molecule has 0 aromatic carbocycles. The number of nitrogens with zero attached hydrogens (tertiary/aromatic N) is 5. The Bertz CT molecular complexity index is 1110. The predicted molar refractivity (Wildman–Crippen MR) is 130 cm³/mol. The summed E-state index contributed by atoms with van der Waals surface area (Å²) in [5.41, 5.74) is 2.54. The lowest BCUT2D eigenvalue weighted by molar-refractivity contribution is -0.143. The van der Waals surface area contributed by atoms with E-state index in [1.165, 1.54) is 25.7 Å². The fourth-order valence-corrected chi connectivity index (χ4v) is 5.44. The van der Waals surface area contributed by atoms with Crippen LogP contribution in [0.3, 0.4) is 0 Å². The third-order valence-electron chi connectivity index (χ3n) is 7.77. The second-order valence-electron chi connectivity index (χ2n) is 10.6. The van der Waals surface area contributed by atoms with E-state index in [1.54, 1.807) is 16.6 Å². The molecule has 2 aromatic rings. The number of pyridine rings is 1. The van der Waals surface area contributed by atoms with Crippen molar-refractivity contribution < 1.29 is 24.2 Å². The van der Waals surface area contributed by atoms with Crippen LogP contribution < -0.4 is 4.74 Å². The standard InChI is InChI=1S/C26H35N5O5/c1-15-22(36-19-6-4-5-18(13-19)25(32)33)12-11-20(27-15)23-21(31(3)29-28-23)14-35-26(34)30(2)24(16-7-8-16)17-9-10-17/h11-12,16-19,24H,4-10,13-14H2,1-3H3,(H,32,33)/t18-,19-/m0/s1. The van der Waals surface area contributed by atoms with Gasteiger partial charge < -0.3 is 19.5 Å². The number of ether oxygens (including phenoxy) is 2. The lowest BCUT2D eigenvalue weighted by atomic mass is 9.87. The van der Waals surface area contributed by atoms with Crippen LogP contribution in [0.5, 0.6) is 5.75 Å². The summed E-state index contributed by atoms with van der Waals surface area (Å²) in [5.74, 6) is 0.746. The molecule has 3 aliphatic carbocycles. The zero-order valence-corrected chi connectivity index (χ0v) is 21.2. The zero-order chi connectivity index (χ0) is 25.4. The number of carbonyl (C=O) groups is 2. The van der Waals surface area contributed by atoms with Gasteiger partial charge in [-0.25, -0.2) is 14.5 Å². The molecule has 2 heterocycles. The normalized spacial score (nSPS) is 21.9. The molecule has 10 heteroatoms. The molecule has 3 fully saturated rings. The quantitative estimate of drug-likeness (QED) is 0.553. The Kier molecular flexibility index (Phi) is 6.85. The lowest BCUT2D eigenvalue weighted by Gasteiger charge is -2.27. The molecule has 2 aromatic heterocycles. The molecule has 5 rings (SSSR count). The predicted octanol–water partition coefficient (Wildman–Crippen LogP) is 3.96. The molecule has 3 aliphatic rings. The number of carboxylic acid groups (broad SMARTS) is 1. The number of aliphatic carboxylic acids is 1. The average molecular weight is 498 g/mol. The van der Waals surface area contributed by atoms with Crippen LogP contribution >= 0.6 is 0 Å². The molecule has 2 atom stereocenters. The van der Waals surface area contributed by atoms with Gasteiger partial charge in [-0.15, -0.1) is 5.10 Å². The number of hydrogen-bond acceptors (Lipinski definition) is 7.